The van der Waals surface area contributed by atoms with E-state index < -0.39 is 10.0 Å². The smallest absolute Gasteiger partial charge is 0.230 e. The number of rotatable bonds is 6. The summed E-state index contributed by atoms with van der Waals surface area (Å²) in [6.07, 6.45) is 3.69. The number of hydrogen-bond acceptors (Lipinski definition) is 8. The number of benzene rings is 1. The monoisotopic (exact) mass is 474 g/mol. The van der Waals surface area contributed by atoms with Gasteiger partial charge in [-0.3, -0.25) is 0 Å². The first-order valence-corrected chi connectivity index (χ1v) is 13.4. The molecule has 2 N–H and O–H groups in total. The number of sulfonamides is 1. The molecule has 2 aliphatic rings. The molecule has 0 bridgehead atoms. The lowest BCUT2D eigenvalue weighted by molar-refractivity contribution is 0.122. The Morgan fingerprint density at radius 3 is 2.39 bits per heavy atom. The molecule has 0 aliphatic carbocycles. The minimum Gasteiger partial charge on any atom is -0.378 e. The van der Waals surface area contributed by atoms with Crippen molar-refractivity contribution >= 4 is 21.9 Å². The van der Waals surface area contributed by atoms with Gasteiger partial charge in [0.1, 0.15) is 5.82 Å². The van der Waals surface area contributed by atoms with Gasteiger partial charge in [-0.15, -0.1) is 0 Å². The third-order valence-electron chi connectivity index (χ3n) is 6.59. The molecule has 3 heterocycles. The van der Waals surface area contributed by atoms with Crippen molar-refractivity contribution in [3.05, 3.63) is 41.2 Å². The first kappa shape index (κ1) is 23.8. The van der Waals surface area contributed by atoms with Crippen LogP contribution in [0.3, 0.4) is 0 Å². The third-order valence-corrected chi connectivity index (χ3v) is 7.89. The molecule has 0 saturated carbocycles. The summed E-state index contributed by atoms with van der Waals surface area (Å²) in [5.74, 6) is 1.85. The summed E-state index contributed by atoms with van der Waals surface area (Å²) < 4.78 is 30.8. The normalized spacial score (nSPS) is 19.1. The van der Waals surface area contributed by atoms with Gasteiger partial charge >= 0.3 is 0 Å². The zero-order valence-electron chi connectivity index (χ0n) is 19.7. The van der Waals surface area contributed by atoms with E-state index in [4.69, 9.17) is 15.5 Å². The van der Waals surface area contributed by atoms with Crippen LogP contribution in [-0.4, -0.2) is 73.3 Å². The number of nitrogens with zero attached hydrogens (tertiary/aromatic N) is 5. The fourth-order valence-electron chi connectivity index (χ4n) is 4.74. The third kappa shape index (κ3) is 5.62. The zero-order chi connectivity index (χ0) is 23.6. The molecule has 180 valence electrons. The van der Waals surface area contributed by atoms with Gasteiger partial charge in [0.15, 0.2) is 0 Å². The van der Waals surface area contributed by atoms with Crippen LogP contribution in [0.5, 0.6) is 0 Å². The lowest BCUT2D eigenvalue weighted by atomic mass is 9.79. The van der Waals surface area contributed by atoms with E-state index in [0.29, 0.717) is 44.0 Å². The second-order valence-corrected chi connectivity index (χ2v) is 11.6. The Labute approximate surface area is 196 Å². The molecule has 2 aromatic rings. The SMILES string of the molecule is CC(C)(Cc1ccccc1C1CCN(S(C)(=O)=O)CC1)c1nc(N)nc(N2CCOCC2)n1. The summed E-state index contributed by atoms with van der Waals surface area (Å²) >= 11 is 0. The molecule has 2 fully saturated rings. The van der Waals surface area contributed by atoms with Crippen molar-refractivity contribution < 1.29 is 13.2 Å². The zero-order valence-corrected chi connectivity index (χ0v) is 20.5. The van der Waals surface area contributed by atoms with Gasteiger partial charge in [-0.1, -0.05) is 38.1 Å². The van der Waals surface area contributed by atoms with Crippen molar-refractivity contribution in [1.29, 1.82) is 0 Å². The molecule has 0 unspecified atom stereocenters. The van der Waals surface area contributed by atoms with Crippen molar-refractivity contribution in [1.82, 2.24) is 19.3 Å². The topological polar surface area (TPSA) is 115 Å². The second-order valence-electron chi connectivity index (χ2n) is 9.61. The Kier molecular flexibility index (Phi) is 6.88. The van der Waals surface area contributed by atoms with Crippen molar-refractivity contribution in [2.75, 3.05) is 56.3 Å². The van der Waals surface area contributed by atoms with Gasteiger partial charge in [-0.05, 0) is 36.3 Å². The molecule has 33 heavy (non-hydrogen) atoms. The largest absolute Gasteiger partial charge is 0.378 e. The molecule has 9 nitrogen and oxygen atoms in total. The van der Waals surface area contributed by atoms with E-state index in [1.165, 1.54) is 17.4 Å². The second kappa shape index (κ2) is 9.52. The van der Waals surface area contributed by atoms with Crippen LogP contribution in [0.25, 0.3) is 0 Å². The molecule has 2 saturated heterocycles. The summed E-state index contributed by atoms with van der Waals surface area (Å²) in [6.45, 7) is 8.16. The number of nitrogen functional groups attached to an aromatic ring is 1. The number of aromatic nitrogens is 3. The van der Waals surface area contributed by atoms with Crippen molar-refractivity contribution in [3.8, 4) is 0 Å². The molecular weight excluding hydrogens is 440 g/mol. The molecule has 0 atom stereocenters. The van der Waals surface area contributed by atoms with Crippen LogP contribution in [0, 0.1) is 0 Å². The van der Waals surface area contributed by atoms with Crippen LogP contribution in [-0.2, 0) is 26.6 Å². The van der Waals surface area contributed by atoms with Crippen LogP contribution in [0.1, 0.15) is 49.6 Å². The molecule has 0 radical (unpaired) electrons. The van der Waals surface area contributed by atoms with Crippen molar-refractivity contribution in [3.63, 3.8) is 0 Å². The highest BCUT2D eigenvalue weighted by Gasteiger charge is 2.31. The number of piperidine rings is 1. The van der Waals surface area contributed by atoms with E-state index in [1.807, 2.05) is 0 Å². The molecule has 2 aliphatic heterocycles. The molecular formula is C23H34N6O3S. The summed E-state index contributed by atoms with van der Waals surface area (Å²) in [5, 5.41) is 0. The maximum Gasteiger partial charge on any atom is 0.230 e. The Balaban J connectivity index is 1.55. The molecule has 0 amide bonds. The lowest BCUT2D eigenvalue weighted by Gasteiger charge is -2.33. The summed E-state index contributed by atoms with van der Waals surface area (Å²) in [7, 11) is -3.14. The highest BCUT2D eigenvalue weighted by molar-refractivity contribution is 7.88. The fraction of sp³-hybridized carbons (Fsp3) is 0.609. The van der Waals surface area contributed by atoms with Gasteiger partial charge in [0.2, 0.25) is 21.9 Å². The van der Waals surface area contributed by atoms with E-state index in [1.54, 1.807) is 4.31 Å². The van der Waals surface area contributed by atoms with Crippen molar-refractivity contribution in [2.45, 2.75) is 44.4 Å². The van der Waals surface area contributed by atoms with Gasteiger partial charge < -0.3 is 15.4 Å². The number of anilines is 2. The Bertz CT molecular complexity index is 1080. The highest BCUT2D eigenvalue weighted by atomic mass is 32.2. The Hall–Kier alpha value is -2.30. The summed E-state index contributed by atoms with van der Waals surface area (Å²) in [5.41, 5.74) is 8.25. The van der Waals surface area contributed by atoms with Gasteiger partial charge in [-0.2, -0.15) is 15.0 Å². The Morgan fingerprint density at radius 2 is 1.73 bits per heavy atom. The summed E-state index contributed by atoms with van der Waals surface area (Å²) in [4.78, 5) is 15.8. The van der Waals surface area contributed by atoms with Crippen LogP contribution in [0.4, 0.5) is 11.9 Å². The van der Waals surface area contributed by atoms with Crippen LogP contribution < -0.4 is 10.6 Å². The number of hydrogen-bond donors (Lipinski definition) is 1. The van der Waals surface area contributed by atoms with E-state index in [9.17, 15) is 8.42 Å². The van der Waals surface area contributed by atoms with Gasteiger partial charge in [0.25, 0.3) is 0 Å². The standard InChI is InChI=1S/C23H34N6O3S/c1-23(2,20-25-21(24)27-22(26-20)28-12-14-32-15-13-28)16-18-6-4-5-7-19(18)17-8-10-29(11-9-17)33(3,30)31/h4-7,17H,8-16H2,1-3H3,(H2,24,25,26,27). The molecule has 0 spiro atoms. The van der Waals surface area contributed by atoms with Gasteiger partial charge in [-0.25, -0.2) is 12.7 Å². The van der Waals surface area contributed by atoms with E-state index in [2.05, 4.69) is 53.0 Å². The van der Waals surface area contributed by atoms with Gasteiger partial charge in [0, 0.05) is 31.6 Å². The molecule has 1 aromatic carbocycles. The minimum atomic E-state index is -3.14. The minimum absolute atomic E-state index is 0.232. The molecule has 1 aromatic heterocycles. The van der Waals surface area contributed by atoms with Crippen LogP contribution in [0.2, 0.25) is 0 Å². The number of nitrogens with two attached hydrogens (primary N) is 1. The fourth-order valence-corrected chi connectivity index (χ4v) is 5.61. The van der Waals surface area contributed by atoms with Crippen LogP contribution in [0.15, 0.2) is 24.3 Å². The van der Waals surface area contributed by atoms with Crippen LogP contribution >= 0.6 is 0 Å². The molecule has 4 rings (SSSR count). The molecule has 10 heteroatoms. The first-order chi connectivity index (χ1) is 15.6. The quantitative estimate of drug-likeness (QED) is 0.676. The summed E-state index contributed by atoms with van der Waals surface area (Å²) in [6, 6.07) is 8.45. The maximum atomic E-state index is 11.9. The van der Waals surface area contributed by atoms with E-state index in [-0.39, 0.29) is 11.4 Å². The highest BCUT2D eigenvalue weighted by Crippen LogP contribution is 2.35. The first-order valence-electron chi connectivity index (χ1n) is 11.5. The number of ether oxygens (including phenoxy) is 1. The van der Waals surface area contributed by atoms with E-state index in [0.717, 1.165) is 32.4 Å². The van der Waals surface area contributed by atoms with E-state index >= 15 is 0 Å². The average Bonchev–Trinajstić information content (AvgIpc) is 2.79. The van der Waals surface area contributed by atoms with Crippen molar-refractivity contribution in [2.24, 2.45) is 0 Å². The maximum absolute atomic E-state index is 11.9. The number of morpholine rings is 1. The predicted octanol–water partition coefficient (Wildman–Crippen LogP) is 1.95. The Morgan fingerprint density at radius 1 is 1.06 bits per heavy atom. The average molecular weight is 475 g/mol. The van der Waals surface area contributed by atoms with Gasteiger partial charge in [0.05, 0.1) is 19.5 Å². The predicted molar refractivity (Wildman–Crippen MR) is 129 cm³/mol. The lowest BCUT2D eigenvalue weighted by Crippen LogP contribution is -2.38.